The minimum Gasteiger partial charge on any atom is -0.367 e. The summed E-state index contributed by atoms with van der Waals surface area (Å²) in [6, 6.07) is 48.4. The number of benzene rings is 6. The van der Waals surface area contributed by atoms with E-state index in [4.69, 9.17) is 63.0 Å². The Morgan fingerprint density at radius 2 is 0.922 bits per heavy atom. The van der Waals surface area contributed by atoms with Gasteiger partial charge in [0, 0.05) is 199 Å². The minimum absolute atomic E-state index is 0.621. The third-order valence-electron chi connectivity index (χ3n) is 20.8. The molecule has 0 radical (unpaired) electrons. The molecule has 0 unspecified atom stereocenters. The minimum atomic E-state index is 0.621. The number of pyridine rings is 2. The first-order chi connectivity index (χ1) is 49.4. The van der Waals surface area contributed by atoms with E-state index in [2.05, 4.69) is 192 Å². The van der Waals surface area contributed by atoms with E-state index in [1.807, 2.05) is 74.8 Å². The number of aryl methyl sites for hydroxylation is 10. The zero-order valence-corrected chi connectivity index (χ0v) is 64.3. The van der Waals surface area contributed by atoms with Crippen molar-refractivity contribution in [2.75, 3.05) is 59.7 Å². The summed E-state index contributed by atoms with van der Waals surface area (Å²) in [5.74, 6) is 0. The lowest BCUT2D eigenvalue weighted by molar-refractivity contribution is 0.309. The molecule has 0 spiro atoms. The van der Waals surface area contributed by atoms with Gasteiger partial charge in [-0.3, -0.25) is 9.97 Å². The van der Waals surface area contributed by atoms with E-state index in [1.54, 1.807) is 11.3 Å². The van der Waals surface area contributed by atoms with E-state index in [9.17, 15) is 0 Å². The third kappa shape index (κ3) is 15.6. The molecule has 0 aliphatic carbocycles. The van der Waals surface area contributed by atoms with Gasteiger partial charge < -0.3 is 43.2 Å². The number of nitrogens with one attached hydrogen (secondary N) is 1. The first kappa shape index (κ1) is 71.5. The van der Waals surface area contributed by atoms with Crippen LogP contribution in [0.25, 0.3) is 54.9 Å². The normalized spacial score (nSPS) is 14.8. The molecule has 6 aromatic carbocycles. The van der Waals surface area contributed by atoms with Gasteiger partial charge in [0.2, 0.25) is 0 Å². The van der Waals surface area contributed by atoms with Crippen molar-refractivity contribution in [1.29, 1.82) is 0 Å². The van der Waals surface area contributed by atoms with E-state index < -0.39 is 0 Å². The van der Waals surface area contributed by atoms with Crippen molar-refractivity contribution in [3.8, 4) is 11.3 Å². The number of halogens is 5. The van der Waals surface area contributed by atoms with Crippen LogP contribution >= 0.6 is 69.3 Å². The standard InChI is InChI=1S/C24H24ClN3S.2C20H21Cl2N3.C20H23N3/c1-16-3-8-22-19(13-16)20-14-27(2)11-9-23(20)28(22)12-10-24-26-21(15-29-24)17-4-6-18(25)7-5-17;1-13-3-4-14(11-23-13)5-8-25-19-6-7-24(2)12-16(19)15-9-17(21)18(22)10-20(15)25;1-13-3-4-14(11-23-13)7-10-25-18-8-9-24(2)12-15(18)19-16(21)5-6-17(22)20(19)25;1-15-8-9-19-17(12-15)18-13-22(2)11-10-20(18)23(19)14-21-16-6-4-3-5-7-16/h3-8,13,15H,9-12,14H2,1-2H3;3-4,9-11H,5-8,12H2,1-2H3;3-6,11H,7-10,12H2,1-2H3;3-9,12,21H,10-11,13-14H2,1-2H3. The molecule has 0 saturated heterocycles. The Labute approximate surface area is 629 Å². The molecule has 0 bridgehead atoms. The Kier molecular flexibility index (Phi) is 22.0. The molecule has 0 saturated carbocycles. The summed E-state index contributed by atoms with van der Waals surface area (Å²) in [4.78, 5) is 23.2. The molecule has 4 aliphatic rings. The van der Waals surface area contributed by atoms with Crippen molar-refractivity contribution in [1.82, 2.24) is 52.8 Å². The fraction of sp³-hybridized carbons (Fsp3) is 0.321. The van der Waals surface area contributed by atoms with E-state index in [1.165, 1.54) is 111 Å². The predicted molar refractivity (Wildman–Crippen MR) is 429 cm³/mol. The molecule has 11 heterocycles. The topological polar surface area (TPSA) is 83.4 Å². The van der Waals surface area contributed by atoms with Crippen molar-refractivity contribution in [3.05, 3.63) is 266 Å². The van der Waals surface area contributed by atoms with E-state index in [0.29, 0.717) is 10.0 Å². The molecule has 102 heavy (non-hydrogen) atoms. The van der Waals surface area contributed by atoms with Gasteiger partial charge in [-0.15, -0.1) is 11.3 Å². The summed E-state index contributed by atoms with van der Waals surface area (Å²) in [6.45, 7) is 20.4. The van der Waals surface area contributed by atoms with Crippen LogP contribution in [0.2, 0.25) is 25.1 Å². The number of thiazole rings is 1. The van der Waals surface area contributed by atoms with E-state index >= 15 is 0 Å². The van der Waals surface area contributed by atoms with Crippen molar-refractivity contribution in [2.45, 2.75) is 125 Å². The van der Waals surface area contributed by atoms with Gasteiger partial charge in [0.05, 0.1) is 54.0 Å². The Bertz CT molecular complexity index is 5150. The number of rotatable bonds is 13. The van der Waals surface area contributed by atoms with Crippen LogP contribution in [0.5, 0.6) is 0 Å². The number of hydrogen-bond donors (Lipinski definition) is 1. The summed E-state index contributed by atoms with van der Waals surface area (Å²) in [6.07, 6.45) is 11.1. The number of nitrogens with zero attached hydrogens (tertiary/aromatic N) is 11. The lowest BCUT2D eigenvalue weighted by atomic mass is 10.0. The van der Waals surface area contributed by atoms with Gasteiger partial charge in [-0.1, -0.05) is 124 Å². The highest BCUT2D eigenvalue weighted by atomic mass is 35.5. The molecule has 4 aliphatic heterocycles. The van der Waals surface area contributed by atoms with Crippen molar-refractivity contribution in [3.63, 3.8) is 0 Å². The zero-order chi connectivity index (χ0) is 70.9. The maximum atomic E-state index is 6.59. The summed E-state index contributed by atoms with van der Waals surface area (Å²) >= 11 is 33.5. The van der Waals surface area contributed by atoms with Crippen LogP contribution in [-0.4, -0.2) is 107 Å². The second-order valence-corrected chi connectivity index (χ2v) is 31.3. The SMILES string of the molecule is Cc1ccc(CCn2c3c(c4c(Cl)ccc(Cl)c42)CN(C)CC3)cn1.Cc1ccc(CCn2c3c(c4cc(Cl)c(Cl)cc42)CN(C)CC3)cn1.Cc1ccc2c(c1)c1c(n2CCc2nc(-c3ccc(Cl)cc3)cs2)CCN(C)C1.Cc1ccc2c(c1)c1c(n2CNc2ccccc2)CCN(C)C1. The molecule has 0 amide bonds. The van der Waals surface area contributed by atoms with Crippen LogP contribution in [-0.2, 0) is 97.4 Å². The van der Waals surface area contributed by atoms with E-state index in [-0.39, 0.29) is 0 Å². The number of anilines is 1. The lowest BCUT2D eigenvalue weighted by Gasteiger charge is -2.24. The highest BCUT2D eigenvalue weighted by molar-refractivity contribution is 7.10. The number of likely N-dealkylation sites (N-methyl/N-ethyl adjacent to an activating group) is 4. The highest BCUT2D eigenvalue weighted by Gasteiger charge is 2.28. The van der Waals surface area contributed by atoms with Crippen LogP contribution in [0.3, 0.4) is 0 Å². The summed E-state index contributed by atoms with van der Waals surface area (Å²) in [5, 5.41) is 15.7. The second-order valence-electron chi connectivity index (χ2n) is 28.3. The first-order valence-electron chi connectivity index (χ1n) is 35.6. The van der Waals surface area contributed by atoms with Crippen LogP contribution in [0.1, 0.15) is 83.7 Å². The van der Waals surface area contributed by atoms with Crippen molar-refractivity contribution in [2.24, 2.45) is 0 Å². The van der Waals surface area contributed by atoms with Gasteiger partial charge in [0.25, 0.3) is 0 Å². The largest absolute Gasteiger partial charge is 0.367 e. The predicted octanol–water partition coefficient (Wildman–Crippen LogP) is 19.7. The quantitative estimate of drug-likeness (QED) is 0.122. The number of para-hydroxylation sites is 1. The van der Waals surface area contributed by atoms with Gasteiger partial charge >= 0.3 is 0 Å². The highest BCUT2D eigenvalue weighted by Crippen LogP contribution is 2.41. The number of hydrogen-bond acceptors (Lipinski definition) is 9. The Hall–Kier alpha value is -7.50. The number of fused-ring (bicyclic) bond motifs is 12. The average molecular weight is 1480 g/mol. The van der Waals surface area contributed by atoms with E-state index in [0.717, 1.165) is 172 Å². The lowest BCUT2D eigenvalue weighted by Crippen LogP contribution is -2.27. The Balaban J connectivity index is 0.000000116. The molecule has 7 aromatic heterocycles. The fourth-order valence-electron chi connectivity index (χ4n) is 15.4. The summed E-state index contributed by atoms with van der Waals surface area (Å²) in [7, 11) is 8.75. The van der Waals surface area contributed by atoms with Gasteiger partial charge in [-0.2, -0.15) is 0 Å². The van der Waals surface area contributed by atoms with Gasteiger partial charge in [0.1, 0.15) is 0 Å². The molecule has 526 valence electrons. The molecular formula is C84H89Cl5N12S. The molecule has 13 aromatic rings. The fourth-order valence-corrected chi connectivity index (χ4v) is 17.2. The molecule has 17 rings (SSSR count). The first-order valence-corrected chi connectivity index (χ1v) is 38.4. The van der Waals surface area contributed by atoms with Crippen LogP contribution in [0, 0.1) is 27.7 Å². The Morgan fingerprint density at radius 1 is 0.441 bits per heavy atom. The molecule has 0 fully saturated rings. The second kappa shape index (κ2) is 31.4. The monoisotopic (exact) mass is 1470 g/mol. The summed E-state index contributed by atoms with van der Waals surface area (Å²) in [5.41, 5.74) is 27.1. The van der Waals surface area contributed by atoms with Gasteiger partial charge in [0.15, 0.2) is 0 Å². The number of aromatic nitrogens is 7. The smallest absolute Gasteiger partial charge is 0.0950 e. The van der Waals surface area contributed by atoms with Crippen LogP contribution in [0.15, 0.2) is 157 Å². The zero-order valence-electron chi connectivity index (χ0n) is 59.7. The van der Waals surface area contributed by atoms with Gasteiger partial charge in [-0.05, 0) is 187 Å². The summed E-state index contributed by atoms with van der Waals surface area (Å²) < 4.78 is 9.82. The van der Waals surface area contributed by atoms with Crippen molar-refractivity contribution >= 4 is 119 Å². The maximum Gasteiger partial charge on any atom is 0.0950 e. The van der Waals surface area contributed by atoms with Crippen LogP contribution < -0.4 is 5.32 Å². The van der Waals surface area contributed by atoms with Gasteiger partial charge in [-0.25, -0.2) is 4.98 Å². The maximum absolute atomic E-state index is 6.59. The van der Waals surface area contributed by atoms with Crippen LogP contribution in [0.4, 0.5) is 5.69 Å². The van der Waals surface area contributed by atoms with Crippen molar-refractivity contribution < 1.29 is 0 Å². The molecule has 18 heteroatoms. The Morgan fingerprint density at radius 3 is 1.48 bits per heavy atom. The average Bonchev–Trinajstić information content (AvgIpc) is 1.61. The third-order valence-corrected chi connectivity index (χ3v) is 23.3. The molecule has 1 N–H and O–H groups in total. The molecular weight excluding hydrogens is 1390 g/mol. The molecule has 0 atom stereocenters. The molecule has 12 nitrogen and oxygen atoms in total.